The van der Waals surface area contributed by atoms with Crippen molar-refractivity contribution in [3.63, 3.8) is 0 Å². The fourth-order valence-corrected chi connectivity index (χ4v) is 2.37. The zero-order valence-electron chi connectivity index (χ0n) is 10.1. The summed E-state index contributed by atoms with van der Waals surface area (Å²) in [5, 5.41) is 9.05. The van der Waals surface area contributed by atoms with E-state index in [4.69, 9.17) is 11.0 Å². The molecular formula is C13H18N4. The molecule has 17 heavy (non-hydrogen) atoms. The molecule has 1 saturated heterocycles. The molecule has 1 aliphatic heterocycles. The lowest BCUT2D eigenvalue weighted by Crippen LogP contribution is -2.40. The largest absolute Gasteiger partial charge is 0.356 e. The Balaban J connectivity index is 2.08. The SMILES string of the molecule is CC(N)C1CCN(c2ncccc2C#N)CC1. The highest BCUT2D eigenvalue weighted by Crippen LogP contribution is 2.25. The summed E-state index contributed by atoms with van der Waals surface area (Å²) in [6, 6.07) is 6.08. The first-order valence-corrected chi connectivity index (χ1v) is 6.08. The van der Waals surface area contributed by atoms with Crippen molar-refractivity contribution in [2.24, 2.45) is 11.7 Å². The van der Waals surface area contributed by atoms with Gasteiger partial charge in [0, 0.05) is 25.3 Å². The van der Waals surface area contributed by atoms with E-state index >= 15 is 0 Å². The fourth-order valence-electron chi connectivity index (χ4n) is 2.37. The number of nitrogens with two attached hydrogens (primary N) is 1. The van der Waals surface area contributed by atoms with E-state index in [1.807, 2.05) is 6.07 Å². The van der Waals surface area contributed by atoms with Crippen LogP contribution in [-0.2, 0) is 0 Å². The summed E-state index contributed by atoms with van der Waals surface area (Å²) in [5.41, 5.74) is 6.58. The highest BCUT2D eigenvalue weighted by molar-refractivity contribution is 5.53. The maximum atomic E-state index is 9.05. The average molecular weight is 230 g/mol. The summed E-state index contributed by atoms with van der Waals surface area (Å²) in [4.78, 5) is 6.51. The molecule has 1 fully saturated rings. The Morgan fingerprint density at radius 1 is 1.53 bits per heavy atom. The van der Waals surface area contributed by atoms with Crippen LogP contribution in [0.2, 0.25) is 0 Å². The van der Waals surface area contributed by atoms with Gasteiger partial charge < -0.3 is 10.6 Å². The molecule has 4 heteroatoms. The third kappa shape index (κ3) is 2.56. The minimum absolute atomic E-state index is 0.260. The molecule has 0 amide bonds. The van der Waals surface area contributed by atoms with Gasteiger partial charge >= 0.3 is 0 Å². The van der Waals surface area contributed by atoms with Crippen LogP contribution in [-0.4, -0.2) is 24.1 Å². The van der Waals surface area contributed by atoms with E-state index in [-0.39, 0.29) is 6.04 Å². The Hall–Kier alpha value is -1.60. The van der Waals surface area contributed by atoms with Gasteiger partial charge in [-0.25, -0.2) is 4.98 Å². The van der Waals surface area contributed by atoms with Gasteiger partial charge in [-0.15, -0.1) is 0 Å². The van der Waals surface area contributed by atoms with Crippen LogP contribution in [0.15, 0.2) is 18.3 Å². The molecule has 90 valence electrons. The lowest BCUT2D eigenvalue weighted by Gasteiger charge is -2.34. The molecule has 0 radical (unpaired) electrons. The van der Waals surface area contributed by atoms with Crippen molar-refractivity contribution < 1.29 is 0 Å². The first-order valence-electron chi connectivity index (χ1n) is 6.08. The third-order valence-corrected chi connectivity index (χ3v) is 3.49. The van der Waals surface area contributed by atoms with E-state index in [2.05, 4.69) is 22.9 Å². The van der Waals surface area contributed by atoms with Gasteiger partial charge in [0.1, 0.15) is 11.9 Å². The molecule has 1 aromatic heterocycles. The van der Waals surface area contributed by atoms with E-state index in [0.29, 0.717) is 11.5 Å². The molecule has 0 aliphatic carbocycles. The monoisotopic (exact) mass is 230 g/mol. The van der Waals surface area contributed by atoms with Gasteiger partial charge in [-0.05, 0) is 37.8 Å². The van der Waals surface area contributed by atoms with E-state index < -0.39 is 0 Å². The number of nitrogens with zero attached hydrogens (tertiary/aromatic N) is 3. The number of aromatic nitrogens is 1. The molecule has 4 nitrogen and oxygen atoms in total. The lowest BCUT2D eigenvalue weighted by molar-refractivity contribution is 0.353. The number of piperidine rings is 1. The topological polar surface area (TPSA) is 65.9 Å². The predicted molar refractivity (Wildman–Crippen MR) is 67.5 cm³/mol. The van der Waals surface area contributed by atoms with Crippen LogP contribution in [0.5, 0.6) is 0 Å². The highest BCUT2D eigenvalue weighted by atomic mass is 15.2. The highest BCUT2D eigenvalue weighted by Gasteiger charge is 2.23. The van der Waals surface area contributed by atoms with Gasteiger partial charge in [-0.2, -0.15) is 5.26 Å². The van der Waals surface area contributed by atoms with Crippen LogP contribution >= 0.6 is 0 Å². The second-order valence-electron chi connectivity index (χ2n) is 4.67. The third-order valence-electron chi connectivity index (χ3n) is 3.49. The quantitative estimate of drug-likeness (QED) is 0.836. The van der Waals surface area contributed by atoms with E-state index in [0.717, 1.165) is 31.7 Å². The van der Waals surface area contributed by atoms with Crippen molar-refractivity contribution in [3.05, 3.63) is 23.9 Å². The van der Waals surface area contributed by atoms with Crippen molar-refractivity contribution in [2.75, 3.05) is 18.0 Å². The van der Waals surface area contributed by atoms with Crippen LogP contribution in [0.25, 0.3) is 0 Å². The van der Waals surface area contributed by atoms with Crippen molar-refractivity contribution in [3.8, 4) is 6.07 Å². The molecule has 1 aliphatic rings. The van der Waals surface area contributed by atoms with Crippen LogP contribution < -0.4 is 10.6 Å². The Kier molecular flexibility index (Phi) is 3.60. The number of hydrogen-bond acceptors (Lipinski definition) is 4. The van der Waals surface area contributed by atoms with E-state index in [9.17, 15) is 0 Å². The predicted octanol–water partition coefficient (Wildman–Crippen LogP) is 1.52. The fraction of sp³-hybridized carbons (Fsp3) is 0.538. The van der Waals surface area contributed by atoms with Crippen molar-refractivity contribution in [2.45, 2.75) is 25.8 Å². The van der Waals surface area contributed by atoms with Crippen molar-refractivity contribution in [1.29, 1.82) is 5.26 Å². The van der Waals surface area contributed by atoms with Gasteiger partial charge in [-0.3, -0.25) is 0 Å². The summed E-state index contributed by atoms with van der Waals surface area (Å²) in [5.74, 6) is 1.42. The van der Waals surface area contributed by atoms with Crippen LogP contribution in [0.1, 0.15) is 25.3 Å². The van der Waals surface area contributed by atoms with E-state index in [1.165, 1.54) is 0 Å². The van der Waals surface area contributed by atoms with Crippen molar-refractivity contribution >= 4 is 5.82 Å². The molecule has 1 unspecified atom stereocenters. The number of pyridine rings is 1. The van der Waals surface area contributed by atoms with Crippen LogP contribution in [0.4, 0.5) is 5.82 Å². The zero-order valence-corrected chi connectivity index (χ0v) is 10.1. The summed E-state index contributed by atoms with van der Waals surface area (Å²) in [7, 11) is 0. The first kappa shape index (κ1) is 11.9. The summed E-state index contributed by atoms with van der Waals surface area (Å²) in [6.07, 6.45) is 3.91. The summed E-state index contributed by atoms with van der Waals surface area (Å²) in [6.45, 7) is 3.96. The number of rotatable bonds is 2. The Labute approximate surface area is 102 Å². The Bertz CT molecular complexity index is 414. The normalized spacial score (nSPS) is 18.8. The number of hydrogen-bond donors (Lipinski definition) is 1. The number of anilines is 1. The molecule has 2 N–H and O–H groups in total. The van der Waals surface area contributed by atoms with Gasteiger partial charge in [-0.1, -0.05) is 0 Å². The lowest BCUT2D eigenvalue weighted by atomic mass is 9.91. The molecule has 1 atom stereocenters. The second-order valence-corrected chi connectivity index (χ2v) is 4.67. The van der Waals surface area contributed by atoms with E-state index in [1.54, 1.807) is 12.3 Å². The molecule has 0 spiro atoms. The van der Waals surface area contributed by atoms with Crippen molar-refractivity contribution in [1.82, 2.24) is 4.98 Å². The first-order chi connectivity index (χ1) is 8.22. The van der Waals surface area contributed by atoms with Gasteiger partial charge in [0.05, 0.1) is 5.56 Å². The minimum Gasteiger partial charge on any atom is -0.356 e. The molecule has 0 saturated carbocycles. The second kappa shape index (κ2) is 5.15. The van der Waals surface area contributed by atoms with Crippen LogP contribution in [0.3, 0.4) is 0 Å². The summed E-state index contributed by atoms with van der Waals surface area (Å²) >= 11 is 0. The minimum atomic E-state index is 0.260. The smallest absolute Gasteiger partial charge is 0.146 e. The zero-order chi connectivity index (χ0) is 12.3. The Morgan fingerprint density at radius 3 is 2.82 bits per heavy atom. The van der Waals surface area contributed by atoms with Gasteiger partial charge in [0.25, 0.3) is 0 Å². The maximum absolute atomic E-state index is 9.05. The van der Waals surface area contributed by atoms with Gasteiger partial charge in [0.2, 0.25) is 0 Å². The van der Waals surface area contributed by atoms with Gasteiger partial charge in [0.15, 0.2) is 0 Å². The summed E-state index contributed by atoms with van der Waals surface area (Å²) < 4.78 is 0. The molecule has 1 aromatic rings. The number of nitriles is 1. The molecule has 2 heterocycles. The molecule has 0 aromatic carbocycles. The maximum Gasteiger partial charge on any atom is 0.146 e. The standard InChI is InChI=1S/C13H18N4/c1-10(15)11-4-7-17(8-5-11)13-12(9-14)3-2-6-16-13/h2-3,6,10-11H,4-5,7-8,15H2,1H3. The molecule has 2 rings (SSSR count). The molecular weight excluding hydrogens is 212 g/mol. The Morgan fingerprint density at radius 2 is 2.24 bits per heavy atom. The average Bonchev–Trinajstić information content (AvgIpc) is 2.39. The molecule has 0 bridgehead atoms. The van der Waals surface area contributed by atoms with Crippen LogP contribution in [0, 0.1) is 17.2 Å².